The van der Waals surface area contributed by atoms with Gasteiger partial charge in [-0.2, -0.15) is 0 Å². The molecule has 1 aliphatic rings. The standard InChI is InChI=1S/C29H30N4O2/c1-21-13-15-25(16-14-21)32-19-31(18-24-11-7-8-12-27(24)35-3)20-33-28(34)26(22(2)30-29(32)33)17-23-9-5-4-6-10-23/h4-16H,17-20H2,1-3H3. The molecule has 178 valence electrons. The van der Waals surface area contributed by atoms with Gasteiger partial charge in [0, 0.05) is 29.8 Å². The lowest BCUT2D eigenvalue weighted by Gasteiger charge is -2.38. The number of aromatic nitrogens is 2. The molecule has 6 nitrogen and oxygen atoms in total. The first-order valence-electron chi connectivity index (χ1n) is 11.9. The Bertz CT molecular complexity index is 1380. The van der Waals surface area contributed by atoms with Crippen LogP contribution in [0.2, 0.25) is 0 Å². The Kier molecular flexibility index (Phi) is 6.38. The van der Waals surface area contributed by atoms with Gasteiger partial charge in [-0.1, -0.05) is 66.2 Å². The average Bonchev–Trinajstić information content (AvgIpc) is 2.88. The SMILES string of the molecule is COc1ccccc1CN1CN(c2ccc(C)cc2)c2nc(C)c(Cc3ccccc3)c(=O)n2C1. The summed E-state index contributed by atoms with van der Waals surface area (Å²) < 4.78 is 7.39. The van der Waals surface area contributed by atoms with Crippen molar-refractivity contribution in [2.24, 2.45) is 0 Å². The molecule has 0 unspecified atom stereocenters. The van der Waals surface area contributed by atoms with Gasteiger partial charge >= 0.3 is 0 Å². The van der Waals surface area contributed by atoms with Crippen LogP contribution in [0.4, 0.5) is 11.6 Å². The van der Waals surface area contributed by atoms with E-state index in [-0.39, 0.29) is 5.56 Å². The van der Waals surface area contributed by atoms with E-state index in [0.29, 0.717) is 32.3 Å². The summed E-state index contributed by atoms with van der Waals surface area (Å²) in [5.74, 6) is 1.53. The fraction of sp³-hybridized carbons (Fsp3) is 0.241. The van der Waals surface area contributed by atoms with Crippen LogP contribution in [-0.4, -0.2) is 28.2 Å². The van der Waals surface area contributed by atoms with Crippen LogP contribution in [0, 0.1) is 13.8 Å². The van der Waals surface area contributed by atoms with Crippen LogP contribution in [-0.2, 0) is 19.6 Å². The number of hydrogen-bond acceptors (Lipinski definition) is 5. The molecular formula is C29H30N4O2. The number of hydrogen-bond donors (Lipinski definition) is 0. The van der Waals surface area contributed by atoms with E-state index in [9.17, 15) is 4.79 Å². The van der Waals surface area contributed by atoms with Crippen LogP contribution in [0.3, 0.4) is 0 Å². The number of nitrogens with zero attached hydrogens (tertiary/aromatic N) is 4. The summed E-state index contributed by atoms with van der Waals surface area (Å²) in [5, 5.41) is 0. The molecule has 0 aliphatic carbocycles. The molecular weight excluding hydrogens is 436 g/mol. The number of rotatable bonds is 6. The predicted octanol–water partition coefficient (Wildman–Crippen LogP) is 5.03. The summed E-state index contributed by atoms with van der Waals surface area (Å²) in [7, 11) is 1.69. The van der Waals surface area contributed by atoms with E-state index >= 15 is 0 Å². The van der Waals surface area contributed by atoms with Gasteiger partial charge in [0.2, 0.25) is 5.95 Å². The highest BCUT2D eigenvalue weighted by molar-refractivity contribution is 5.59. The quantitative estimate of drug-likeness (QED) is 0.399. The second-order valence-electron chi connectivity index (χ2n) is 9.06. The Labute approximate surface area is 206 Å². The number of methoxy groups -OCH3 is 1. The first-order chi connectivity index (χ1) is 17.0. The predicted molar refractivity (Wildman–Crippen MR) is 139 cm³/mol. The molecule has 1 aromatic heterocycles. The van der Waals surface area contributed by atoms with Crippen LogP contribution in [0.25, 0.3) is 0 Å². The first kappa shape index (κ1) is 22.9. The smallest absolute Gasteiger partial charge is 0.259 e. The van der Waals surface area contributed by atoms with E-state index in [0.717, 1.165) is 33.8 Å². The van der Waals surface area contributed by atoms with Gasteiger partial charge in [-0.25, -0.2) is 4.98 Å². The number of ether oxygens (including phenoxy) is 1. The highest BCUT2D eigenvalue weighted by Gasteiger charge is 2.28. The molecule has 0 spiro atoms. The maximum absolute atomic E-state index is 13.8. The molecule has 0 radical (unpaired) electrons. The van der Waals surface area contributed by atoms with Crippen molar-refractivity contribution in [1.29, 1.82) is 0 Å². The Morgan fingerprint density at radius 2 is 1.60 bits per heavy atom. The summed E-state index contributed by atoms with van der Waals surface area (Å²) in [6.07, 6.45) is 0.565. The summed E-state index contributed by atoms with van der Waals surface area (Å²) in [6, 6.07) is 26.5. The number of fused-ring (bicyclic) bond motifs is 1. The van der Waals surface area contributed by atoms with E-state index in [1.807, 2.05) is 47.9 Å². The van der Waals surface area contributed by atoms with Crippen molar-refractivity contribution in [1.82, 2.24) is 14.5 Å². The third-order valence-electron chi connectivity index (χ3n) is 6.53. The number of anilines is 2. The van der Waals surface area contributed by atoms with Gasteiger partial charge in [-0.05, 0) is 37.6 Å². The van der Waals surface area contributed by atoms with Crippen LogP contribution in [0.1, 0.15) is 27.9 Å². The van der Waals surface area contributed by atoms with Crippen LogP contribution >= 0.6 is 0 Å². The lowest BCUT2D eigenvalue weighted by Crippen LogP contribution is -2.47. The zero-order valence-corrected chi connectivity index (χ0v) is 20.4. The fourth-order valence-electron chi connectivity index (χ4n) is 4.63. The van der Waals surface area contributed by atoms with Gasteiger partial charge in [0.05, 0.1) is 26.1 Å². The van der Waals surface area contributed by atoms with Crippen molar-refractivity contribution in [2.75, 3.05) is 18.7 Å². The Hall–Kier alpha value is -3.90. The molecule has 5 rings (SSSR count). The van der Waals surface area contributed by atoms with Crippen LogP contribution in [0.5, 0.6) is 5.75 Å². The van der Waals surface area contributed by atoms with E-state index < -0.39 is 0 Å². The lowest BCUT2D eigenvalue weighted by atomic mass is 10.1. The highest BCUT2D eigenvalue weighted by Crippen LogP contribution is 2.30. The summed E-state index contributed by atoms with van der Waals surface area (Å²) in [5.41, 5.74) is 5.92. The van der Waals surface area contributed by atoms with Gasteiger partial charge < -0.3 is 4.74 Å². The minimum absolute atomic E-state index is 0.0122. The van der Waals surface area contributed by atoms with Crippen molar-refractivity contribution >= 4 is 11.6 Å². The maximum atomic E-state index is 13.8. The average molecular weight is 467 g/mol. The van der Waals surface area contributed by atoms with Gasteiger partial charge in [0.25, 0.3) is 5.56 Å². The molecule has 2 heterocycles. The number of benzene rings is 3. The van der Waals surface area contributed by atoms with Crippen LogP contribution < -0.4 is 15.2 Å². The molecule has 4 aromatic rings. The van der Waals surface area contributed by atoms with Crippen molar-refractivity contribution in [3.8, 4) is 5.75 Å². The molecule has 6 heteroatoms. The molecule has 1 aliphatic heterocycles. The van der Waals surface area contributed by atoms with E-state index in [1.54, 1.807) is 7.11 Å². The van der Waals surface area contributed by atoms with Gasteiger partial charge in [-0.15, -0.1) is 0 Å². The van der Waals surface area contributed by atoms with Gasteiger partial charge in [0.1, 0.15) is 5.75 Å². The van der Waals surface area contributed by atoms with Crippen molar-refractivity contribution in [2.45, 2.75) is 33.5 Å². The maximum Gasteiger partial charge on any atom is 0.259 e. The summed E-state index contributed by atoms with van der Waals surface area (Å²) in [6.45, 7) is 5.74. The normalized spacial score (nSPS) is 13.5. The van der Waals surface area contributed by atoms with Gasteiger partial charge in [0.15, 0.2) is 0 Å². The molecule has 0 saturated heterocycles. The zero-order valence-electron chi connectivity index (χ0n) is 20.4. The topological polar surface area (TPSA) is 50.6 Å². The Morgan fingerprint density at radius 3 is 2.34 bits per heavy atom. The molecule has 0 amide bonds. The molecule has 35 heavy (non-hydrogen) atoms. The van der Waals surface area contributed by atoms with E-state index in [1.165, 1.54) is 5.56 Å². The lowest BCUT2D eigenvalue weighted by molar-refractivity contribution is 0.187. The number of aryl methyl sites for hydroxylation is 2. The van der Waals surface area contributed by atoms with E-state index in [4.69, 9.17) is 9.72 Å². The van der Waals surface area contributed by atoms with Crippen LogP contribution in [0.15, 0.2) is 83.7 Å². The van der Waals surface area contributed by atoms with Crippen molar-refractivity contribution in [3.63, 3.8) is 0 Å². The highest BCUT2D eigenvalue weighted by atomic mass is 16.5. The fourth-order valence-corrected chi connectivity index (χ4v) is 4.63. The van der Waals surface area contributed by atoms with E-state index in [2.05, 4.69) is 59.2 Å². The summed E-state index contributed by atoms with van der Waals surface area (Å²) >= 11 is 0. The molecule has 3 aromatic carbocycles. The monoisotopic (exact) mass is 466 g/mol. The third-order valence-corrected chi connectivity index (χ3v) is 6.53. The number of para-hydroxylation sites is 1. The second-order valence-corrected chi connectivity index (χ2v) is 9.06. The minimum Gasteiger partial charge on any atom is -0.496 e. The Balaban J connectivity index is 1.58. The second kappa shape index (κ2) is 9.76. The zero-order chi connectivity index (χ0) is 24.4. The van der Waals surface area contributed by atoms with Gasteiger partial charge in [-0.3, -0.25) is 19.2 Å². The Morgan fingerprint density at radius 1 is 0.886 bits per heavy atom. The van der Waals surface area contributed by atoms with Crippen molar-refractivity contribution < 1.29 is 4.74 Å². The molecule has 0 N–H and O–H groups in total. The molecule has 0 bridgehead atoms. The third kappa shape index (κ3) is 4.70. The largest absolute Gasteiger partial charge is 0.496 e. The summed E-state index contributed by atoms with van der Waals surface area (Å²) in [4.78, 5) is 23.2. The van der Waals surface area contributed by atoms with Crippen molar-refractivity contribution in [3.05, 3.63) is 117 Å². The minimum atomic E-state index is 0.0122. The molecule has 0 fully saturated rings. The first-order valence-corrected chi connectivity index (χ1v) is 11.9. The molecule has 0 saturated carbocycles. The molecule has 0 atom stereocenters.